The number of likely N-dealkylation sites (tertiary alicyclic amines) is 1. The first kappa shape index (κ1) is 16.1. The van der Waals surface area contributed by atoms with Gasteiger partial charge in [-0.25, -0.2) is 13.6 Å². The number of rotatable bonds is 5. The van der Waals surface area contributed by atoms with Gasteiger partial charge in [-0.2, -0.15) is 0 Å². The maximum atomic E-state index is 11.4. The summed E-state index contributed by atoms with van der Waals surface area (Å²) in [7, 11) is -3.78. The molecule has 0 spiro atoms. The quantitative estimate of drug-likeness (QED) is 0.706. The summed E-state index contributed by atoms with van der Waals surface area (Å²) in [5.74, 6) is 0.588. The molecule has 1 fully saturated rings. The van der Waals surface area contributed by atoms with Gasteiger partial charge in [0, 0.05) is 6.54 Å². The van der Waals surface area contributed by atoms with Gasteiger partial charge in [-0.15, -0.1) is 0 Å². The fraction of sp³-hybridized carbons (Fsp3) is 0.571. The lowest BCUT2D eigenvalue weighted by atomic mass is 9.97. The molecular weight excluding hydrogens is 288 g/mol. The van der Waals surface area contributed by atoms with Crippen molar-refractivity contribution in [2.24, 2.45) is 11.1 Å². The molecule has 2 rings (SSSR count). The Hall–Kier alpha value is -1.31. The number of para-hydroxylation sites is 1. The molecule has 1 aliphatic heterocycles. The Morgan fingerprint density at radius 3 is 2.57 bits per heavy atom. The van der Waals surface area contributed by atoms with Gasteiger partial charge in [-0.05, 0) is 50.5 Å². The van der Waals surface area contributed by atoms with Crippen molar-refractivity contribution in [3.05, 3.63) is 18.2 Å². The number of primary sulfonamides is 1. The number of sulfonamides is 1. The lowest BCUT2D eigenvalue weighted by molar-refractivity contribution is 0.198. The molecule has 0 unspecified atom stereocenters. The summed E-state index contributed by atoms with van der Waals surface area (Å²) in [5.41, 5.74) is 6.74. The molecule has 7 heteroatoms. The SMILES string of the molecule is CCN1CCC(CNc2cccc(S(N)(=O)=O)c2N)CC1. The van der Waals surface area contributed by atoms with Gasteiger partial charge in [0.1, 0.15) is 4.90 Å². The number of hydrogen-bond acceptors (Lipinski definition) is 5. The highest BCUT2D eigenvalue weighted by molar-refractivity contribution is 7.89. The van der Waals surface area contributed by atoms with Crippen molar-refractivity contribution in [1.29, 1.82) is 0 Å². The van der Waals surface area contributed by atoms with Gasteiger partial charge >= 0.3 is 0 Å². The molecule has 5 N–H and O–H groups in total. The summed E-state index contributed by atoms with van der Waals surface area (Å²) in [4.78, 5) is 2.42. The summed E-state index contributed by atoms with van der Waals surface area (Å²) >= 11 is 0. The van der Waals surface area contributed by atoms with Crippen LogP contribution in [0.1, 0.15) is 19.8 Å². The number of piperidine rings is 1. The number of nitrogens with two attached hydrogens (primary N) is 2. The van der Waals surface area contributed by atoms with Crippen LogP contribution in [0.25, 0.3) is 0 Å². The molecule has 0 saturated carbocycles. The molecular formula is C14H24N4O2S. The Balaban J connectivity index is 1.98. The molecule has 0 atom stereocenters. The molecule has 118 valence electrons. The first-order chi connectivity index (χ1) is 9.91. The lowest BCUT2D eigenvalue weighted by Crippen LogP contribution is -2.35. The van der Waals surface area contributed by atoms with E-state index >= 15 is 0 Å². The van der Waals surface area contributed by atoms with E-state index < -0.39 is 10.0 Å². The number of benzene rings is 1. The van der Waals surface area contributed by atoms with Crippen LogP contribution in [0.3, 0.4) is 0 Å². The summed E-state index contributed by atoms with van der Waals surface area (Å²) < 4.78 is 22.9. The van der Waals surface area contributed by atoms with Gasteiger partial charge < -0.3 is 16.0 Å². The standard InChI is InChI=1S/C14H24N4O2S/c1-2-18-8-6-11(7-9-18)10-17-12-4-3-5-13(14(12)15)21(16,19)20/h3-5,11,17H,2,6-10,15H2,1H3,(H2,16,19,20). The molecule has 1 heterocycles. The van der Waals surface area contributed by atoms with Crippen molar-refractivity contribution < 1.29 is 8.42 Å². The van der Waals surface area contributed by atoms with E-state index in [0.717, 1.165) is 39.0 Å². The van der Waals surface area contributed by atoms with Gasteiger partial charge in [0.05, 0.1) is 11.4 Å². The third-order valence-electron chi connectivity index (χ3n) is 4.11. The van der Waals surface area contributed by atoms with Crippen molar-refractivity contribution in [3.8, 4) is 0 Å². The van der Waals surface area contributed by atoms with Gasteiger partial charge in [0.2, 0.25) is 10.0 Å². The molecule has 0 amide bonds. The normalized spacial score (nSPS) is 17.8. The first-order valence-electron chi connectivity index (χ1n) is 7.29. The average molecular weight is 312 g/mol. The van der Waals surface area contributed by atoms with Crippen LogP contribution < -0.4 is 16.2 Å². The van der Waals surface area contributed by atoms with E-state index in [2.05, 4.69) is 17.1 Å². The molecule has 0 bridgehead atoms. The maximum absolute atomic E-state index is 11.4. The highest BCUT2D eigenvalue weighted by Crippen LogP contribution is 2.26. The number of nitrogens with one attached hydrogen (secondary N) is 1. The average Bonchev–Trinajstić information content (AvgIpc) is 2.45. The molecule has 1 aromatic carbocycles. The first-order valence-corrected chi connectivity index (χ1v) is 8.84. The summed E-state index contributed by atoms with van der Waals surface area (Å²) in [6.07, 6.45) is 2.30. The van der Waals surface area contributed by atoms with Gasteiger partial charge in [-0.1, -0.05) is 13.0 Å². The summed E-state index contributed by atoms with van der Waals surface area (Å²) in [6.45, 7) is 6.32. The Bertz CT molecular complexity index is 581. The minimum absolute atomic E-state index is 0.0201. The van der Waals surface area contributed by atoms with Crippen LogP contribution in [-0.4, -0.2) is 39.5 Å². The minimum Gasteiger partial charge on any atom is -0.396 e. The molecule has 1 aromatic rings. The van der Waals surface area contributed by atoms with E-state index in [0.29, 0.717) is 11.6 Å². The van der Waals surface area contributed by atoms with Crippen LogP contribution in [0.5, 0.6) is 0 Å². The Kier molecular flexibility index (Phi) is 5.08. The zero-order valence-electron chi connectivity index (χ0n) is 12.4. The van der Waals surface area contributed by atoms with E-state index in [4.69, 9.17) is 10.9 Å². The smallest absolute Gasteiger partial charge is 0.240 e. The Labute approximate surface area is 126 Å². The van der Waals surface area contributed by atoms with Crippen molar-refractivity contribution in [2.45, 2.75) is 24.7 Å². The van der Waals surface area contributed by atoms with E-state index in [1.54, 1.807) is 12.1 Å². The van der Waals surface area contributed by atoms with Crippen LogP contribution >= 0.6 is 0 Å². The molecule has 0 aliphatic carbocycles. The molecule has 0 aromatic heterocycles. The van der Waals surface area contributed by atoms with Crippen LogP contribution in [0.2, 0.25) is 0 Å². The molecule has 21 heavy (non-hydrogen) atoms. The second kappa shape index (κ2) is 6.64. The number of nitrogens with zero attached hydrogens (tertiary/aromatic N) is 1. The highest BCUT2D eigenvalue weighted by atomic mass is 32.2. The molecule has 0 radical (unpaired) electrons. The lowest BCUT2D eigenvalue weighted by Gasteiger charge is -2.31. The summed E-state index contributed by atoms with van der Waals surface area (Å²) in [6, 6.07) is 4.86. The van der Waals surface area contributed by atoms with Gasteiger partial charge in [0.15, 0.2) is 0 Å². The van der Waals surface area contributed by atoms with Gasteiger partial charge in [-0.3, -0.25) is 0 Å². The zero-order chi connectivity index (χ0) is 15.5. The minimum atomic E-state index is -3.78. The molecule has 1 aliphatic rings. The van der Waals surface area contributed by atoms with E-state index in [1.165, 1.54) is 6.07 Å². The predicted molar refractivity (Wildman–Crippen MR) is 85.6 cm³/mol. The van der Waals surface area contributed by atoms with Crippen molar-refractivity contribution in [2.75, 3.05) is 37.2 Å². The fourth-order valence-electron chi connectivity index (χ4n) is 2.71. The van der Waals surface area contributed by atoms with E-state index in [-0.39, 0.29) is 10.6 Å². The highest BCUT2D eigenvalue weighted by Gasteiger charge is 2.19. The second-order valence-corrected chi connectivity index (χ2v) is 7.05. The number of hydrogen-bond donors (Lipinski definition) is 3. The maximum Gasteiger partial charge on any atom is 0.240 e. The van der Waals surface area contributed by atoms with Crippen LogP contribution in [0, 0.1) is 5.92 Å². The monoisotopic (exact) mass is 312 g/mol. The third-order valence-corrected chi connectivity index (χ3v) is 5.08. The predicted octanol–water partition coefficient (Wildman–Crippen LogP) is 1.06. The van der Waals surface area contributed by atoms with Crippen LogP contribution in [-0.2, 0) is 10.0 Å². The van der Waals surface area contributed by atoms with Crippen molar-refractivity contribution >= 4 is 21.4 Å². The number of nitrogen functional groups attached to an aromatic ring is 1. The van der Waals surface area contributed by atoms with Crippen molar-refractivity contribution in [3.63, 3.8) is 0 Å². The summed E-state index contributed by atoms with van der Waals surface area (Å²) in [5, 5.41) is 8.42. The van der Waals surface area contributed by atoms with E-state index in [1.807, 2.05) is 0 Å². The largest absolute Gasteiger partial charge is 0.396 e. The fourth-order valence-corrected chi connectivity index (χ4v) is 3.39. The van der Waals surface area contributed by atoms with Gasteiger partial charge in [0.25, 0.3) is 0 Å². The van der Waals surface area contributed by atoms with Crippen LogP contribution in [0.15, 0.2) is 23.1 Å². The zero-order valence-corrected chi connectivity index (χ0v) is 13.2. The van der Waals surface area contributed by atoms with E-state index in [9.17, 15) is 8.42 Å². The molecule has 1 saturated heterocycles. The third kappa shape index (κ3) is 4.09. The second-order valence-electron chi connectivity index (χ2n) is 5.52. The Morgan fingerprint density at radius 1 is 1.33 bits per heavy atom. The topological polar surface area (TPSA) is 101 Å². The van der Waals surface area contributed by atoms with Crippen molar-refractivity contribution in [1.82, 2.24) is 4.90 Å². The van der Waals surface area contributed by atoms with Crippen LogP contribution in [0.4, 0.5) is 11.4 Å². The number of anilines is 2. The Morgan fingerprint density at radius 2 is 2.00 bits per heavy atom. The molecule has 6 nitrogen and oxygen atoms in total.